The lowest BCUT2D eigenvalue weighted by Crippen LogP contribution is -2.48. The molecule has 0 spiro atoms. The van der Waals surface area contributed by atoms with E-state index in [0.717, 1.165) is 57.6 Å². The van der Waals surface area contributed by atoms with Crippen LogP contribution < -0.4 is 5.73 Å². The maximum absolute atomic E-state index is 13.2. The molecule has 0 radical (unpaired) electrons. The molecule has 7 heteroatoms. The zero-order valence-corrected chi connectivity index (χ0v) is 18.2. The number of nitrogen functional groups attached to an aromatic ring is 1. The van der Waals surface area contributed by atoms with E-state index < -0.39 is 0 Å². The van der Waals surface area contributed by atoms with Crippen molar-refractivity contribution in [2.45, 2.75) is 45.2 Å². The molecule has 2 aliphatic heterocycles. The average Bonchev–Trinajstić information content (AvgIpc) is 2.80. The van der Waals surface area contributed by atoms with Crippen molar-refractivity contribution < 1.29 is 4.79 Å². The van der Waals surface area contributed by atoms with Gasteiger partial charge < -0.3 is 16.0 Å². The Morgan fingerprint density at radius 1 is 1.10 bits per heavy atom. The van der Waals surface area contributed by atoms with Gasteiger partial charge in [-0.05, 0) is 69.0 Å². The molecule has 3 N–H and O–H groups in total. The number of rotatable bonds is 5. The highest BCUT2D eigenvalue weighted by Crippen LogP contribution is 2.28. The van der Waals surface area contributed by atoms with Crippen molar-refractivity contribution in [2.24, 2.45) is 11.8 Å². The second-order valence-corrected chi connectivity index (χ2v) is 8.86. The minimum atomic E-state index is 0.0977. The van der Waals surface area contributed by atoms with Crippen molar-refractivity contribution in [2.75, 3.05) is 25.4 Å². The summed E-state index contributed by atoms with van der Waals surface area (Å²) in [7, 11) is 0. The van der Waals surface area contributed by atoms with Gasteiger partial charge in [0, 0.05) is 49.9 Å². The Bertz CT molecular complexity index is 909. The van der Waals surface area contributed by atoms with Gasteiger partial charge in [-0.25, -0.2) is 4.98 Å². The first-order chi connectivity index (χ1) is 15.0. The summed E-state index contributed by atoms with van der Waals surface area (Å²) in [5, 5.41) is 8.46. The number of hydrogen-bond acceptors (Lipinski definition) is 6. The van der Waals surface area contributed by atoms with Crippen LogP contribution in [0.3, 0.4) is 0 Å². The first kappa shape index (κ1) is 21.4. The quantitative estimate of drug-likeness (QED) is 0.725. The van der Waals surface area contributed by atoms with Gasteiger partial charge in [-0.1, -0.05) is 6.07 Å². The van der Waals surface area contributed by atoms with Gasteiger partial charge in [-0.3, -0.25) is 14.7 Å². The summed E-state index contributed by atoms with van der Waals surface area (Å²) in [5.74, 6) is 1.13. The van der Waals surface area contributed by atoms with Crippen LogP contribution in [0.5, 0.6) is 0 Å². The molecule has 2 aliphatic rings. The van der Waals surface area contributed by atoms with E-state index in [0.29, 0.717) is 23.5 Å². The molecule has 0 aromatic carbocycles. The average molecular weight is 421 g/mol. The molecule has 2 unspecified atom stereocenters. The Balaban J connectivity index is 1.27. The summed E-state index contributed by atoms with van der Waals surface area (Å²) in [6, 6.07) is 9.98. The highest BCUT2D eigenvalue weighted by molar-refractivity contribution is 5.98. The highest BCUT2D eigenvalue weighted by atomic mass is 16.2. The molecule has 4 heterocycles. The SMILES string of the molecule is CC1CC(C(=O)N2CCC(C(=N)c3ccccn3)CC2)CCN1Cc1ccnc(N)c1. The summed E-state index contributed by atoms with van der Waals surface area (Å²) in [4.78, 5) is 26.0. The number of carbonyl (C=O) groups excluding carboxylic acids is 1. The van der Waals surface area contributed by atoms with Crippen LogP contribution in [0, 0.1) is 17.2 Å². The minimum Gasteiger partial charge on any atom is -0.384 e. The van der Waals surface area contributed by atoms with E-state index in [-0.39, 0.29) is 11.8 Å². The van der Waals surface area contributed by atoms with Gasteiger partial charge in [0.25, 0.3) is 0 Å². The molecular formula is C24H32N6O. The van der Waals surface area contributed by atoms with E-state index >= 15 is 0 Å². The van der Waals surface area contributed by atoms with Gasteiger partial charge in [0.1, 0.15) is 5.82 Å². The number of nitrogens with two attached hydrogens (primary N) is 1. The Labute approximate surface area is 184 Å². The number of hydrogen-bond donors (Lipinski definition) is 2. The standard InChI is InChI=1S/C24H32N6O/c1-17-14-20(8-13-30(17)16-18-5-10-28-22(25)15-18)24(31)29-11-6-19(7-12-29)23(26)21-4-2-3-9-27-21/h2-5,9-10,15,17,19-20,26H,6-8,11-14,16H2,1H3,(H2,25,28). The third-order valence-corrected chi connectivity index (χ3v) is 6.75. The van der Waals surface area contributed by atoms with E-state index in [2.05, 4.69) is 21.8 Å². The number of pyridine rings is 2. The van der Waals surface area contributed by atoms with Crippen molar-refractivity contribution in [3.05, 3.63) is 54.0 Å². The Morgan fingerprint density at radius 2 is 1.87 bits per heavy atom. The number of piperidine rings is 2. The maximum Gasteiger partial charge on any atom is 0.225 e. The molecule has 2 atom stereocenters. The largest absolute Gasteiger partial charge is 0.384 e. The van der Waals surface area contributed by atoms with Crippen LogP contribution in [0.4, 0.5) is 5.82 Å². The van der Waals surface area contributed by atoms with E-state index in [9.17, 15) is 4.79 Å². The van der Waals surface area contributed by atoms with Gasteiger partial charge >= 0.3 is 0 Å². The zero-order chi connectivity index (χ0) is 21.8. The summed E-state index contributed by atoms with van der Waals surface area (Å²) in [6.07, 6.45) is 6.97. The molecular weight excluding hydrogens is 388 g/mol. The van der Waals surface area contributed by atoms with Crippen molar-refractivity contribution >= 4 is 17.4 Å². The predicted octanol–water partition coefficient (Wildman–Crippen LogP) is 2.97. The molecule has 1 amide bonds. The highest BCUT2D eigenvalue weighted by Gasteiger charge is 2.34. The number of anilines is 1. The summed E-state index contributed by atoms with van der Waals surface area (Å²) >= 11 is 0. The number of carbonyl (C=O) groups is 1. The van der Waals surface area contributed by atoms with E-state index in [1.54, 1.807) is 12.4 Å². The summed E-state index contributed by atoms with van der Waals surface area (Å²) in [6.45, 7) is 5.45. The van der Waals surface area contributed by atoms with Crippen LogP contribution in [-0.2, 0) is 11.3 Å². The fourth-order valence-electron chi connectivity index (χ4n) is 4.89. The second kappa shape index (κ2) is 9.56. The lowest BCUT2D eigenvalue weighted by Gasteiger charge is -2.40. The van der Waals surface area contributed by atoms with Crippen LogP contribution in [-0.4, -0.2) is 57.1 Å². The van der Waals surface area contributed by atoms with Crippen molar-refractivity contribution in [3.63, 3.8) is 0 Å². The number of amides is 1. The fourth-order valence-corrected chi connectivity index (χ4v) is 4.89. The second-order valence-electron chi connectivity index (χ2n) is 8.86. The van der Waals surface area contributed by atoms with Gasteiger partial charge in [0.05, 0.1) is 11.4 Å². The molecule has 0 bridgehead atoms. The van der Waals surface area contributed by atoms with Gasteiger partial charge in [0.2, 0.25) is 5.91 Å². The van der Waals surface area contributed by atoms with Crippen LogP contribution in [0.15, 0.2) is 42.7 Å². The van der Waals surface area contributed by atoms with Crippen molar-refractivity contribution in [1.82, 2.24) is 19.8 Å². The lowest BCUT2D eigenvalue weighted by atomic mass is 9.87. The maximum atomic E-state index is 13.2. The van der Waals surface area contributed by atoms with E-state index in [1.807, 2.05) is 35.2 Å². The molecule has 2 fully saturated rings. The third kappa shape index (κ3) is 5.10. The normalized spacial score (nSPS) is 22.9. The summed E-state index contributed by atoms with van der Waals surface area (Å²) in [5.41, 5.74) is 8.33. The Morgan fingerprint density at radius 3 is 2.55 bits per heavy atom. The molecule has 0 saturated carbocycles. The first-order valence-corrected chi connectivity index (χ1v) is 11.2. The fraction of sp³-hybridized carbons (Fsp3) is 0.500. The zero-order valence-electron chi connectivity index (χ0n) is 18.2. The molecule has 0 aliphatic carbocycles. The Kier molecular flexibility index (Phi) is 6.61. The number of nitrogens with one attached hydrogen (secondary N) is 1. The van der Waals surface area contributed by atoms with Gasteiger partial charge in [-0.2, -0.15) is 0 Å². The van der Waals surface area contributed by atoms with E-state index in [4.69, 9.17) is 11.1 Å². The number of likely N-dealkylation sites (tertiary alicyclic amines) is 2. The molecule has 31 heavy (non-hydrogen) atoms. The number of nitrogens with zero attached hydrogens (tertiary/aromatic N) is 4. The van der Waals surface area contributed by atoms with Gasteiger partial charge in [-0.15, -0.1) is 0 Å². The third-order valence-electron chi connectivity index (χ3n) is 6.75. The monoisotopic (exact) mass is 420 g/mol. The first-order valence-electron chi connectivity index (χ1n) is 11.2. The summed E-state index contributed by atoms with van der Waals surface area (Å²) < 4.78 is 0. The molecule has 164 valence electrons. The molecule has 2 aromatic heterocycles. The topological polar surface area (TPSA) is 99.2 Å². The van der Waals surface area contributed by atoms with Crippen LogP contribution in [0.25, 0.3) is 0 Å². The van der Waals surface area contributed by atoms with Gasteiger partial charge in [0.15, 0.2) is 0 Å². The predicted molar refractivity (Wildman–Crippen MR) is 122 cm³/mol. The van der Waals surface area contributed by atoms with Crippen LogP contribution in [0.1, 0.15) is 43.9 Å². The Hall–Kier alpha value is -2.80. The molecule has 7 nitrogen and oxygen atoms in total. The van der Waals surface area contributed by atoms with Crippen molar-refractivity contribution in [3.8, 4) is 0 Å². The van der Waals surface area contributed by atoms with Crippen molar-refractivity contribution in [1.29, 1.82) is 5.41 Å². The molecule has 4 rings (SSSR count). The number of aromatic nitrogens is 2. The molecule has 2 aromatic rings. The van der Waals surface area contributed by atoms with Crippen LogP contribution >= 0.6 is 0 Å². The smallest absolute Gasteiger partial charge is 0.225 e. The lowest BCUT2D eigenvalue weighted by molar-refractivity contribution is -0.139. The van der Waals surface area contributed by atoms with E-state index in [1.165, 1.54) is 5.56 Å². The minimum absolute atomic E-state index is 0.0977. The van der Waals surface area contributed by atoms with Crippen LogP contribution in [0.2, 0.25) is 0 Å². The molecule has 2 saturated heterocycles.